The van der Waals surface area contributed by atoms with E-state index < -0.39 is 0 Å². The highest BCUT2D eigenvalue weighted by Crippen LogP contribution is 2.29. The zero-order chi connectivity index (χ0) is 22.6. The summed E-state index contributed by atoms with van der Waals surface area (Å²) in [7, 11) is 0. The molecule has 170 valence electrons. The fraction of sp³-hybridized carbons (Fsp3) is 0.360. The molecule has 4 heterocycles. The number of carbonyl (C=O) groups excluding carboxylic acids is 1. The number of aryl methyl sites for hydroxylation is 1. The summed E-state index contributed by atoms with van der Waals surface area (Å²) in [5.74, 6) is 2.12. The van der Waals surface area contributed by atoms with Gasteiger partial charge in [-0.1, -0.05) is 24.3 Å². The standard InChI is InChI=1S/C25H27N5O3/c1-18-5-6-21-14-23(31)30(25(21)28-18)17-19-3-2-4-20(13-19)24-26-15-22(16-27-24)33-12-9-29-7-10-32-11-8-29/h2-6,13,15-16H,7-12,14,17H2,1H3. The zero-order valence-corrected chi connectivity index (χ0v) is 18.7. The summed E-state index contributed by atoms with van der Waals surface area (Å²) in [6.45, 7) is 7.32. The highest BCUT2D eigenvalue weighted by molar-refractivity contribution is 6.00. The molecule has 0 radical (unpaired) electrons. The maximum Gasteiger partial charge on any atom is 0.233 e. The molecule has 2 aliphatic rings. The van der Waals surface area contributed by atoms with Crippen LogP contribution in [-0.2, 0) is 22.5 Å². The number of amides is 1. The number of aromatic nitrogens is 3. The smallest absolute Gasteiger partial charge is 0.233 e. The van der Waals surface area contributed by atoms with Crippen LogP contribution >= 0.6 is 0 Å². The second kappa shape index (κ2) is 9.64. The maximum atomic E-state index is 12.6. The molecule has 0 bridgehead atoms. The molecule has 1 saturated heterocycles. The molecule has 33 heavy (non-hydrogen) atoms. The van der Waals surface area contributed by atoms with Crippen molar-refractivity contribution in [2.75, 3.05) is 44.4 Å². The van der Waals surface area contributed by atoms with E-state index in [1.165, 1.54) is 0 Å². The molecule has 1 fully saturated rings. The molecule has 8 heteroatoms. The molecule has 2 aromatic heterocycles. The Morgan fingerprint density at radius 2 is 1.91 bits per heavy atom. The molecule has 0 saturated carbocycles. The van der Waals surface area contributed by atoms with Gasteiger partial charge in [-0.3, -0.25) is 14.6 Å². The number of fused-ring (bicyclic) bond motifs is 1. The first kappa shape index (κ1) is 21.5. The Labute approximate surface area is 193 Å². The molecule has 5 rings (SSSR count). The summed E-state index contributed by atoms with van der Waals surface area (Å²) in [5.41, 5.74) is 3.79. The molecule has 0 aliphatic carbocycles. The van der Waals surface area contributed by atoms with Gasteiger partial charge in [-0.25, -0.2) is 15.0 Å². The van der Waals surface area contributed by atoms with Crippen molar-refractivity contribution in [3.8, 4) is 17.1 Å². The van der Waals surface area contributed by atoms with Crippen molar-refractivity contribution in [3.05, 3.63) is 65.6 Å². The van der Waals surface area contributed by atoms with Crippen molar-refractivity contribution in [3.63, 3.8) is 0 Å². The summed E-state index contributed by atoms with van der Waals surface area (Å²) in [4.78, 5) is 30.2. The minimum atomic E-state index is 0.0725. The summed E-state index contributed by atoms with van der Waals surface area (Å²) >= 11 is 0. The van der Waals surface area contributed by atoms with Crippen LogP contribution in [0.5, 0.6) is 5.75 Å². The zero-order valence-electron chi connectivity index (χ0n) is 18.7. The average Bonchev–Trinajstić information content (AvgIpc) is 3.15. The number of nitrogens with zero attached hydrogens (tertiary/aromatic N) is 5. The number of anilines is 1. The normalized spacial score (nSPS) is 16.2. The Morgan fingerprint density at radius 3 is 2.73 bits per heavy atom. The minimum Gasteiger partial charge on any atom is -0.489 e. The molecule has 0 unspecified atom stereocenters. The monoisotopic (exact) mass is 445 g/mol. The van der Waals surface area contributed by atoms with Crippen LogP contribution in [0.1, 0.15) is 16.8 Å². The first-order chi connectivity index (χ1) is 16.2. The Balaban J connectivity index is 1.23. The van der Waals surface area contributed by atoms with Gasteiger partial charge in [0.1, 0.15) is 12.4 Å². The number of ether oxygens (including phenoxy) is 2. The number of rotatable bonds is 7. The van der Waals surface area contributed by atoms with E-state index in [4.69, 9.17) is 9.47 Å². The molecule has 0 N–H and O–H groups in total. The highest BCUT2D eigenvalue weighted by atomic mass is 16.5. The van der Waals surface area contributed by atoms with Crippen LogP contribution in [0, 0.1) is 6.92 Å². The summed E-state index contributed by atoms with van der Waals surface area (Å²) in [6, 6.07) is 11.9. The largest absolute Gasteiger partial charge is 0.489 e. The number of benzene rings is 1. The molecule has 8 nitrogen and oxygen atoms in total. The summed E-state index contributed by atoms with van der Waals surface area (Å²) < 4.78 is 11.2. The van der Waals surface area contributed by atoms with Gasteiger partial charge in [0, 0.05) is 36.5 Å². The van der Waals surface area contributed by atoms with E-state index >= 15 is 0 Å². The van der Waals surface area contributed by atoms with E-state index in [1.54, 1.807) is 17.3 Å². The third-order valence-electron chi connectivity index (χ3n) is 5.93. The SMILES string of the molecule is Cc1ccc2c(n1)N(Cc1cccc(-c3ncc(OCCN4CCOCC4)cn3)c1)C(=O)C2. The van der Waals surface area contributed by atoms with Crippen molar-refractivity contribution in [1.82, 2.24) is 19.9 Å². The van der Waals surface area contributed by atoms with Crippen molar-refractivity contribution in [2.45, 2.75) is 19.9 Å². The highest BCUT2D eigenvalue weighted by Gasteiger charge is 2.28. The number of hydrogen-bond acceptors (Lipinski definition) is 7. The van der Waals surface area contributed by atoms with Crippen LogP contribution in [0.4, 0.5) is 5.82 Å². The number of pyridine rings is 1. The van der Waals surface area contributed by atoms with Gasteiger partial charge in [0.25, 0.3) is 0 Å². The Bertz CT molecular complexity index is 1130. The van der Waals surface area contributed by atoms with Gasteiger partial charge >= 0.3 is 0 Å². The van der Waals surface area contributed by atoms with Crippen molar-refractivity contribution < 1.29 is 14.3 Å². The first-order valence-corrected chi connectivity index (χ1v) is 11.3. The Morgan fingerprint density at radius 1 is 1.09 bits per heavy atom. The second-order valence-corrected chi connectivity index (χ2v) is 8.34. The van der Waals surface area contributed by atoms with Gasteiger partial charge in [0.2, 0.25) is 5.91 Å². The van der Waals surface area contributed by atoms with Crippen molar-refractivity contribution in [1.29, 1.82) is 0 Å². The van der Waals surface area contributed by atoms with Gasteiger partial charge in [-0.15, -0.1) is 0 Å². The van der Waals surface area contributed by atoms with Gasteiger partial charge in [0.05, 0.1) is 38.6 Å². The molecular weight excluding hydrogens is 418 g/mol. The molecule has 3 aromatic rings. The topological polar surface area (TPSA) is 80.7 Å². The van der Waals surface area contributed by atoms with Gasteiger partial charge in [-0.2, -0.15) is 0 Å². The lowest BCUT2D eigenvalue weighted by Gasteiger charge is -2.26. The van der Waals surface area contributed by atoms with E-state index in [0.717, 1.165) is 61.1 Å². The third-order valence-corrected chi connectivity index (χ3v) is 5.93. The molecule has 0 spiro atoms. The van der Waals surface area contributed by atoms with E-state index in [2.05, 4.69) is 19.9 Å². The van der Waals surface area contributed by atoms with Crippen LogP contribution < -0.4 is 9.64 Å². The van der Waals surface area contributed by atoms with Crippen LogP contribution in [-0.4, -0.2) is 65.2 Å². The van der Waals surface area contributed by atoms with E-state index in [-0.39, 0.29) is 5.91 Å². The number of morpholine rings is 1. The van der Waals surface area contributed by atoms with Crippen LogP contribution in [0.2, 0.25) is 0 Å². The Kier molecular flexibility index (Phi) is 6.28. The molecular formula is C25H27N5O3. The average molecular weight is 446 g/mol. The molecule has 2 aliphatic heterocycles. The predicted octanol–water partition coefficient (Wildman–Crippen LogP) is 2.65. The van der Waals surface area contributed by atoms with Crippen LogP contribution in [0.25, 0.3) is 11.4 Å². The van der Waals surface area contributed by atoms with Gasteiger partial charge in [0.15, 0.2) is 11.6 Å². The molecule has 1 amide bonds. The number of hydrogen-bond donors (Lipinski definition) is 0. The lowest BCUT2D eigenvalue weighted by Crippen LogP contribution is -2.38. The van der Waals surface area contributed by atoms with E-state index in [9.17, 15) is 4.79 Å². The number of carbonyl (C=O) groups is 1. The van der Waals surface area contributed by atoms with Gasteiger partial charge in [-0.05, 0) is 24.6 Å². The van der Waals surface area contributed by atoms with Crippen LogP contribution in [0.3, 0.4) is 0 Å². The molecule has 1 aromatic carbocycles. The lowest BCUT2D eigenvalue weighted by atomic mass is 10.1. The molecule has 0 atom stereocenters. The summed E-state index contributed by atoms with van der Waals surface area (Å²) in [5, 5.41) is 0. The van der Waals surface area contributed by atoms with Crippen LogP contribution in [0.15, 0.2) is 48.8 Å². The van der Waals surface area contributed by atoms with E-state index in [1.807, 2.05) is 43.3 Å². The minimum absolute atomic E-state index is 0.0725. The third kappa shape index (κ3) is 5.02. The maximum absolute atomic E-state index is 12.6. The first-order valence-electron chi connectivity index (χ1n) is 11.3. The fourth-order valence-electron chi connectivity index (χ4n) is 4.13. The van der Waals surface area contributed by atoms with E-state index in [0.29, 0.717) is 31.1 Å². The lowest BCUT2D eigenvalue weighted by molar-refractivity contribution is -0.117. The fourth-order valence-corrected chi connectivity index (χ4v) is 4.13. The quantitative estimate of drug-likeness (QED) is 0.553. The predicted molar refractivity (Wildman–Crippen MR) is 124 cm³/mol. The van der Waals surface area contributed by atoms with Gasteiger partial charge < -0.3 is 9.47 Å². The van der Waals surface area contributed by atoms with Crippen molar-refractivity contribution >= 4 is 11.7 Å². The van der Waals surface area contributed by atoms with Crippen molar-refractivity contribution in [2.24, 2.45) is 0 Å². The second-order valence-electron chi connectivity index (χ2n) is 8.34. The summed E-state index contributed by atoms with van der Waals surface area (Å²) in [6.07, 6.45) is 3.82. The Hall–Kier alpha value is -3.36.